The molecule has 3 aliphatic rings. The third-order valence-corrected chi connectivity index (χ3v) is 14.3. The van der Waals surface area contributed by atoms with Gasteiger partial charge in [0.2, 0.25) is 5.91 Å². The molecule has 2 fully saturated rings. The number of carbonyl (C=O) groups is 6. The lowest BCUT2D eigenvalue weighted by molar-refractivity contribution is -0.125. The van der Waals surface area contributed by atoms with Gasteiger partial charge in [-0.05, 0) is 124 Å². The van der Waals surface area contributed by atoms with Crippen molar-refractivity contribution < 1.29 is 34.5 Å². The number of nitrogens with one attached hydrogen (secondary N) is 1. The van der Waals surface area contributed by atoms with Crippen LogP contribution in [0.1, 0.15) is 193 Å². The molecule has 71 heavy (non-hydrogen) atoms. The van der Waals surface area contributed by atoms with Crippen LogP contribution in [0.5, 0.6) is 0 Å². The molecule has 0 spiro atoms. The number of aryl methyl sites for hydroxylation is 1. The highest BCUT2D eigenvalue weighted by molar-refractivity contribution is 6.03. The van der Waals surface area contributed by atoms with Crippen LogP contribution in [0.4, 0.5) is 0 Å². The number of amides is 1. The lowest BCUT2D eigenvalue weighted by atomic mass is 9.84. The van der Waals surface area contributed by atoms with E-state index in [0.29, 0.717) is 41.2 Å². The van der Waals surface area contributed by atoms with Crippen molar-refractivity contribution in [2.75, 3.05) is 0 Å². The van der Waals surface area contributed by atoms with Crippen LogP contribution < -0.4 is 5.32 Å². The smallest absolute Gasteiger partial charge is 0.248 e. The van der Waals surface area contributed by atoms with Gasteiger partial charge in [0, 0.05) is 47.8 Å². The minimum atomic E-state index is -0.345. The highest BCUT2D eigenvalue weighted by Crippen LogP contribution is 2.35. The molecule has 3 aliphatic carbocycles. The molecule has 0 aliphatic heterocycles. The molecule has 3 aromatic carbocycles. The average Bonchev–Trinajstić information content (AvgIpc) is 4.16. The number of hydrogen-bond donors (Lipinski definition) is 1. The SMILES string of the molecule is C=C1CCC[C@H]1C(=O)C(C)c1ccc(C/C=C(/Cc2ccc(CCC(=O)C3CCCCC3)cc2)c2ccccc2)cc1.CC.CC(C)=O.CC[C@@H](C)[C@H](C)C(C)=O.CC[C@@H](C)[C@H](NC(=O)C1=C[CH]1)C(C)=O.[HH].[HH].[HH].[HH]. The fraction of sp³-hybridized carbons (Fsp3) is 0.516. The number of rotatable bonds is 20. The highest BCUT2D eigenvalue weighted by atomic mass is 16.2. The Morgan fingerprint density at radius 1 is 0.704 bits per heavy atom. The molecule has 1 radical (unpaired) electrons. The Balaban J connectivity index is -0.00000130. The van der Waals surface area contributed by atoms with Crippen molar-refractivity contribution in [3.05, 3.63) is 143 Å². The molecular weight excluding hydrogens is 879 g/mol. The van der Waals surface area contributed by atoms with Crippen LogP contribution >= 0.6 is 0 Å². The van der Waals surface area contributed by atoms with Crippen molar-refractivity contribution in [2.24, 2.45) is 29.6 Å². The predicted molar refractivity (Wildman–Crippen MR) is 304 cm³/mol. The molecule has 395 valence electrons. The highest BCUT2D eigenvalue weighted by Gasteiger charge is 2.30. The van der Waals surface area contributed by atoms with Crippen molar-refractivity contribution in [1.82, 2.24) is 5.32 Å². The summed E-state index contributed by atoms with van der Waals surface area (Å²) in [5.41, 5.74) is 9.21. The zero-order valence-corrected chi connectivity index (χ0v) is 45.8. The first-order valence-electron chi connectivity index (χ1n) is 26.9. The summed E-state index contributed by atoms with van der Waals surface area (Å²) < 4.78 is 0. The molecule has 6 atom stereocenters. The third-order valence-electron chi connectivity index (χ3n) is 14.3. The number of benzene rings is 3. The maximum Gasteiger partial charge on any atom is 0.248 e. The molecule has 7 heteroatoms. The monoisotopic (exact) mass is 977 g/mol. The molecule has 1 amide bonds. The summed E-state index contributed by atoms with van der Waals surface area (Å²) >= 11 is 0. The second-order valence-corrected chi connectivity index (χ2v) is 20.0. The maximum absolute atomic E-state index is 13.1. The normalized spacial score (nSPS) is 17.2. The molecule has 1 unspecified atom stereocenters. The third kappa shape index (κ3) is 22.8. The van der Waals surface area contributed by atoms with E-state index in [1.165, 1.54) is 67.9 Å². The van der Waals surface area contributed by atoms with Gasteiger partial charge in [-0.3, -0.25) is 24.0 Å². The van der Waals surface area contributed by atoms with Crippen molar-refractivity contribution >= 4 is 40.4 Å². The van der Waals surface area contributed by atoms with Gasteiger partial charge in [0.05, 0.1) is 6.04 Å². The van der Waals surface area contributed by atoms with Crippen molar-refractivity contribution in [1.29, 1.82) is 0 Å². The molecular formula is C64H98NO6. The summed E-state index contributed by atoms with van der Waals surface area (Å²) in [5.74, 6) is 2.37. The summed E-state index contributed by atoms with van der Waals surface area (Å²) in [6.07, 6.45) is 19.9. The van der Waals surface area contributed by atoms with Crippen LogP contribution in [0, 0.1) is 36.0 Å². The van der Waals surface area contributed by atoms with Crippen molar-refractivity contribution in [2.45, 2.75) is 185 Å². The Morgan fingerprint density at radius 2 is 1.25 bits per heavy atom. The van der Waals surface area contributed by atoms with Gasteiger partial charge in [-0.25, -0.2) is 0 Å². The van der Waals surface area contributed by atoms with Crippen LogP contribution in [-0.4, -0.2) is 40.9 Å². The zero-order valence-electron chi connectivity index (χ0n) is 45.8. The Labute approximate surface area is 436 Å². The van der Waals surface area contributed by atoms with Crippen LogP contribution in [0.3, 0.4) is 0 Å². The molecule has 0 aromatic heterocycles. The van der Waals surface area contributed by atoms with Gasteiger partial charge in [0.25, 0.3) is 0 Å². The van der Waals surface area contributed by atoms with Gasteiger partial charge >= 0.3 is 0 Å². The van der Waals surface area contributed by atoms with Crippen LogP contribution in [0.2, 0.25) is 0 Å². The Hall–Kier alpha value is -5.30. The standard InChI is InChI=1S/C40H46O2.C11H16NO2.C8H16O.C3H6O.C2H6.4H2/c1-29-10-9-15-38(29)40(42)30(2)34-24-20-32(21-25-34)22-26-37(35-11-5-3-6-12-35)28-33-18-16-31(17-19-33)23-27-39(41)36-13-7-4-8-14-36;1-4-7(2)10(8(3)13)12-11(14)9-5-6-9;1-5-6(2)7(3)8(4)9;1-3(2)4;1-2;;;;/h3,5-6,11-12,16-21,24-26,30,36,38H,1,4,7-10,13-15,22-23,27-28H2,2H3;5-7,10H,4H2,1-3H3,(H,12,14);6-7H,5H2,1-4H3;1-2H3;1-2H3;4*1H/b37-26-;;;;;;;;/t30?,38-;7-,10+;6-,7+;;;;;;/m111....../s1. The molecule has 0 saturated heterocycles. The van der Waals surface area contributed by atoms with Gasteiger partial charge in [0.15, 0.2) is 5.78 Å². The molecule has 0 heterocycles. The summed E-state index contributed by atoms with van der Waals surface area (Å²) in [4.78, 5) is 68.6. The first-order chi connectivity index (χ1) is 33.9. The van der Waals surface area contributed by atoms with E-state index in [1.807, 2.05) is 41.5 Å². The fourth-order valence-corrected chi connectivity index (χ4v) is 8.84. The fourth-order valence-electron chi connectivity index (χ4n) is 8.84. The quantitative estimate of drug-likeness (QED) is 0.113. The number of Topliss-reactive ketones (excluding diaryl/α,β-unsaturated/α-hetero) is 5. The Morgan fingerprint density at radius 3 is 1.73 bits per heavy atom. The van der Waals surface area contributed by atoms with E-state index < -0.39 is 0 Å². The molecule has 7 nitrogen and oxygen atoms in total. The van der Waals surface area contributed by atoms with Crippen LogP contribution in [0.15, 0.2) is 109 Å². The second kappa shape index (κ2) is 33.4. The van der Waals surface area contributed by atoms with Crippen molar-refractivity contribution in [3.63, 3.8) is 0 Å². The van der Waals surface area contributed by atoms with Crippen LogP contribution in [-0.2, 0) is 48.0 Å². The zero-order chi connectivity index (χ0) is 53.0. The first-order valence-corrected chi connectivity index (χ1v) is 26.9. The maximum atomic E-state index is 13.1. The molecule has 1 N–H and O–H groups in total. The molecule has 6 rings (SSSR count). The van der Waals surface area contributed by atoms with E-state index >= 15 is 0 Å². The van der Waals surface area contributed by atoms with E-state index in [1.54, 1.807) is 19.4 Å². The minimum Gasteiger partial charge on any atom is -0.342 e. The number of allylic oxidation sites excluding steroid dienone is 4. The van der Waals surface area contributed by atoms with E-state index in [9.17, 15) is 28.8 Å². The molecule has 2 saturated carbocycles. The van der Waals surface area contributed by atoms with E-state index in [4.69, 9.17) is 0 Å². The number of carbonyl (C=O) groups excluding carboxylic acids is 6. The van der Waals surface area contributed by atoms with Crippen LogP contribution in [0.25, 0.3) is 5.57 Å². The number of ketones is 5. The summed E-state index contributed by atoms with van der Waals surface area (Å²) in [7, 11) is 0. The largest absolute Gasteiger partial charge is 0.342 e. The van der Waals surface area contributed by atoms with Gasteiger partial charge < -0.3 is 10.1 Å². The summed E-state index contributed by atoms with van der Waals surface area (Å²) in [6, 6.07) is 27.7. The summed E-state index contributed by atoms with van der Waals surface area (Å²) in [6.45, 7) is 26.6. The van der Waals surface area contributed by atoms with Gasteiger partial charge in [-0.15, -0.1) is 0 Å². The molecule has 0 bridgehead atoms. The van der Waals surface area contributed by atoms with E-state index in [2.05, 4.69) is 111 Å². The summed E-state index contributed by atoms with van der Waals surface area (Å²) in [5, 5.41) is 2.74. The predicted octanol–water partition coefficient (Wildman–Crippen LogP) is 15.8. The number of hydrogen-bond acceptors (Lipinski definition) is 6. The Bertz CT molecular complexity index is 2210. The van der Waals surface area contributed by atoms with E-state index in [0.717, 1.165) is 75.3 Å². The Kier molecular flexibility index (Phi) is 29.1. The van der Waals surface area contributed by atoms with Gasteiger partial charge in [0.1, 0.15) is 23.1 Å². The second-order valence-electron chi connectivity index (χ2n) is 20.0. The first kappa shape index (κ1) is 61.8. The van der Waals surface area contributed by atoms with E-state index in [-0.39, 0.29) is 52.9 Å². The lowest BCUT2D eigenvalue weighted by Crippen LogP contribution is -2.43. The molecule has 3 aromatic rings. The minimum absolute atomic E-state index is 0. The average molecular weight is 977 g/mol. The van der Waals surface area contributed by atoms with Crippen molar-refractivity contribution in [3.8, 4) is 0 Å². The lowest BCUT2D eigenvalue weighted by Gasteiger charge is -2.20. The van der Waals surface area contributed by atoms with Gasteiger partial charge in [-0.1, -0.05) is 191 Å². The topological polar surface area (TPSA) is 114 Å². The van der Waals surface area contributed by atoms with Gasteiger partial charge in [-0.2, -0.15) is 0 Å².